The SMILES string of the molecule is c1ccc(-c2cc(-c3ccccc3)nc(-c3ccc4c5ccccc5c5cccc(-c6ccc7c(c6)-c6ccccc6C7(c6ccccc6)c6ccccc6)c5c4c3)n2)cc1. The van der Waals surface area contributed by atoms with Crippen LogP contribution in [0.15, 0.2) is 231 Å². The number of benzene rings is 10. The highest BCUT2D eigenvalue weighted by atomic mass is 14.9. The topological polar surface area (TPSA) is 25.8 Å². The van der Waals surface area contributed by atoms with Crippen molar-refractivity contribution in [2.75, 3.05) is 0 Å². The van der Waals surface area contributed by atoms with Crippen molar-refractivity contribution < 1.29 is 0 Å². The van der Waals surface area contributed by atoms with E-state index in [2.05, 4.69) is 218 Å². The standard InChI is InChI=1S/C59H38N2/c1-5-18-39(19-6-1)55-38-56(40-20-7-2-8-21-40)61-58(60-55)42-32-34-48-46-26-13-14-27-47(46)50-30-17-29-45(57(50)52(48)37-42)41-33-35-54-51(36-41)49-28-15-16-31-53(49)59(54,43-22-9-3-10-23-43)44-24-11-4-12-25-44/h1-38H. The molecule has 0 radical (unpaired) electrons. The fraction of sp³-hybridized carbons (Fsp3) is 0.0169. The van der Waals surface area contributed by atoms with Crippen LogP contribution in [0.2, 0.25) is 0 Å². The number of aromatic nitrogens is 2. The van der Waals surface area contributed by atoms with Crippen molar-refractivity contribution in [1.82, 2.24) is 9.97 Å². The minimum absolute atomic E-state index is 0.448. The quantitative estimate of drug-likeness (QED) is 0.157. The Morgan fingerprint density at radius 2 is 0.770 bits per heavy atom. The van der Waals surface area contributed by atoms with Gasteiger partial charge in [0, 0.05) is 16.7 Å². The summed E-state index contributed by atoms with van der Waals surface area (Å²) in [5.74, 6) is 0.702. The van der Waals surface area contributed by atoms with Crippen molar-refractivity contribution in [3.05, 3.63) is 253 Å². The van der Waals surface area contributed by atoms with Gasteiger partial charge < -0.3 is 0 Å². The monoisotopic (exact) mass is 774 g/mol. The molecule has 2 heteroatoms. The van der Waals surface area contributed by atoms with E-state index in [0.717, 1.165) is 28.1 Å². The molecule has 0 amide bonds. The van der Waals surface area contributed by atoms with Gasteiger partial charge in [0.15, 0.2) is 5.82 Å². The van der Waals surface area contributed by atoms with Crippen molar-refractivity contribution in [3.63, 3.8) is 0 Å². The first-order valence-corrected chi connectivity index (χ1v) is 21.0. The largest absolute Gasteiger partial charge is 0.228 e. The average Bonchev–Trinajstić information content (AvgIpc) is 3.65. The Kier molecular flexibility index (Phi) is 8.11. The summed E-state index contributed by atoms with van der Waals surface area (Å²) in [7, 11) is 0. The summed E-state index contributed by atoms with van der Waals surface area (Å²) in [6.07, 6.45) is 0. The van der Waals surface area contributed by atoms with Crippen LogP contribution >= 0.6 is 0 Å². The molecule has 284 valence electrons. The number of nitrogens with zero attached hydrogens (tertiary/aromatic N) is 2. The second-order valence-electron chi connectivity index (χ2n) is 16.0. The average molecular weight is 775 g/mol. The molecule has 0 spiro atoms. The van der Waals surface area contributed by atoms with Crippen LogP contribution in [0.1, 0.15) is 22.3 Å². The lowest BCUT2D eigenvalue weighted by molar-refractivity contribution is 0.768. The molecule has 1 aliphatic carbocycles. The molecule has 10 aromatic carbocycles. The fourth-order valence-corrected chi connectivity index (χ4v) is 10.1. The predicted molar refractivity (Wildman–Crippen MR) is 254 cm³/mol. The van der Waals surface area contributed by atoms with E-state index in [4.69, 9.17) is 9.97 Å². The van der Waals surface area contributed by atoms with Gasteiger partial charge in [0.2, 0.25) is 0 Å². The van der Waals surface area contributed by atoms with Crippen LogP contribution in [0, 0.1) is 0 Å². The molecule has 0 aliphatic heterocycles. The summed E-state index contributed by atoms with van der Waals surface area (Å²) < 4.78 is 0. The normalized spacial score (nSPS) is 12.7. The molecule has 0 saturated carbocycles. The Labute approximate surface area is 355 Å². The minimum Gasteiger partial charge on any atom is -0.228 e. The van der Waals surface area contributed by atoms with E-state index in [1.165, 1.54) is 76.8 Å². The summed E-state index contributed by atoms with van der Waals surface area (Å²) in [6.45, 7) is 0. The van der Waals surface area contributed by atoms with Gasteiger partial charge in [-0.05, 0) is 95.0 Å². The third-order valence-corrected chi connectivity index (χ3v) is 12.8. The summed E-state index contributed by atoms with van der Waals surface area (Å²) >= 11 is 0. The van der Waals surface area contributed by atoms with Crippen LogP contribution in [0.25, 0.3) is 88.5 Å². The minimum atomic E-state index is -0.448. The zero-order chi connectivity index (χ0) is 40.3. The lowest BCUT2D eigenvalue weighted by Gasteiger charge is -2.33. The Bertz CT molecular complexity index is 3350. The van der Waals surface area contributed by atoms with Gasteiger partial charge in [-0.1, -0.05) is 212 Å². The molecule has 61 heavy (non-hydrogen) atoms. The predicted octanol–water partition coefficient (Wildman–Crippen LogP) is 15.0. The van der Waals surface area contributed by atoms with Gasteiger partial charge in [0.1, 0.15) is 0 Å². The summed E-state index contributed by atoms with van der Waals surface area (Å²) in [4.78, 5) is 10.5. The maximum atomic E-state index is 5.24. The van der Waals surface area contributed by atoms with E-state index in [1.54, 1.807) is 0 Å². The number of hydrogen-bond acceptors (Lipinski definition) is 2. The molecular formula is C59H38N2. The number of fused-ring (bicyclic) bond motifs is 9. The van der Waals surface area contributed by atoms with Crippen molar-refractivity contribution >= 4 is 32.3 Å². The molecule has 0 unspecified atom stereocenters. The van der Waals surface area contributed by atoms with E-state index >= 15 is 0 Å². The van der Waals surface area contributed by atoms with Crippen molar-refractivity contribution in [2.24, 2.45) is 0 Å². The van der Waals surface area contributed by atoms with Gasteiger partial charge in [-0.25, -0.2) is 9.97 Å². The molecule has 11 aromatic rings. The van der Waals surface area contributed by atoms with E-state index in [0.29, 0.717) is 5.82 Å². The maximum absolute atomic E-state index is 5.24. The second-order valence-corrected chi connectivity index (χ2v) is 16.0. The fourth-order valence-electron chi connectivity index (χ4n) is 10.1. The van der Waals surface area contributed by atoms with Crippen LogP contribution in [0.3, 0.4) is 0 Å². The second kappa shape index (κ2) is 14.1. The molecule has 1 aromatic heterocycles. The van der Waals surface area contributed by atoms with Gasteiger partial charge in [-0.3, -0.25) is 0 Å². The van der Waals surface area contributed by atoms with E-state index in [9.17, 15) is 0 Å². The highest BCUT2D eigenvalue weighted by molar-refractivity contribution is 6.29. The Hall–Kier alpha value is -7.94. The first kappa shape index (κ1) is 35.0. The van der Waals surface area contributed by atoms with Crippen molar-refractivity contribution in [1.29, 1.82) is 0 Å². The van der Waals surface area contributed by atoms with Crippen LogP contribution in [-0.2, 0) is 5.41 Å². The summed E-state index contributed by atoms with van der Waals surface area (Å²) in [5.41, 5.74) is 14.5. The summed E-state index contributed by atoms with van der Waals surface area (Å²) in [6, 6.07) is 83.6. The van der Waals surface area contributed by atoms with E-state index < -0.39 is 5.41 Å². The molecule has 1 heterocycles. The molecule has 0 N–H and O–H groups in total. The van der Waals surface area contributed by atoms with E-state index in [1.807, 2.05) is 12.1 Å². The van der Waals surface area contributed by atoms with Gasteiger partial charge in [0.05, 0.1) is 16.8 Å². The van der Waals surface area contributed by atoms with E-state index in [-0.39, 0.29) is 0 Å². The van der Waals surface area contributed by atoms with Crippen molar-refractivity contribution in [3.8, 4) is 56.2 Å². The lowest BCUT2D eigenvalue weighted by Crippen LogP contribution is -2.28. The summed E-state index contributed by atoms with van der Waals surface area (Å²) in [5, 5.41) is 7.32. The Morgan fingerprint density at radius 1 is 0.279 bits per heavy atom. The maximum Gasteiger partial charge on any atom is 0.160 e. The number of hydrogen-bond donors (Lipinski definition) is 0. The van der Waals surface area contributed by atoms with Gasteiger partial charge in [-0.15, -0.1) is 0 Å². The van der Waals surface area contributed by atoms with Gasteiger partial charge in [-0.2, -0.15) is 0 Å². The molecular weight excluding hydrogens is 737 g/mol. The molecule has 0 fully saturated rings. The molecule has 0 bridgehead atoms. The Balaban J connectivity index is 1.11. The van der Waals surface area contributed by atoms with Crippen molar-refractivity contribution in [2.45, 2.75) is 5.41 Å². The van der Waals surface area contributed by atoms with Crippen LogP contribution in [-0.4, -0.2) is 9.97 Å². The first-order chi connectivity index (χ1) is 30.3. The zero-order valence-corrected chi connectivity index (χ0v) is 33.3. The zero-order valence-electron chi connectivity index (χ0n) is 33.3. The smallest absolute Gasteiger partial charge is 0.160 e. The van der Waals surface area contributed by atoms with Crippen LogP contribution < -0.4 is 0 Å². The van der Waals surface area contributed by atoms with Crippen LogP contribution in [0.4, 0.5) is 0 Å². The first-order valence-electron chi connectivity index (χ1n) is 21.0. The van der Waals surface area contributed by atoms with Crippen LogP contribution in [0.5, 0.6) is 0 Å². The highest BCUT2D eigenvalue weighted by Gasteiger charge is 2.46. The molecule has 2 nitrogen and oxygen atoms in total. The van der Waals surface area contributed by atoms with Gasteiger partial charge in [0.25, 0.3) is 0 Å². The highest BCUT2D eigenvalue weighted by Crippen LogP contribution is 2.57. The van der Waals surface area contributed by atoms with Gasteiger partial charge >= 0.3 is 0 Å². The lowest BCUT2D eigenvalue weighted by atomic mass is 9.67. The third kappa shape index (κ3) is 5.50. The molecule has 12 rings (SSSR count). The Morgan fingerprint density at radius 3 is 1.43 bits per heavy atom. The molecule has 1 aliphatic rings. The third-order valence-electron chi connectivity index (χ3n) is 12.8. The molecule has 0 atom stereocenters. The number of rotatable bonds is 6. The molecule has 0 saturated heterocycles.